The van der Waals surface area contributed by atoms with E-state index in [0.29, 0.717) is 18.7 Å². The molecule has 1 atom stereocenters. The van der Waals surface area contributed by atoms with Crippen molar-refractivity contribution < 1.29 is 14.6 Å². The van der Waals surface area contributed by atoms with Crippen LogP contribution in [0.3, 0.4) is 0 Å². The third-order valence-electron chi connectivity index (χ3n) is 4.03. The standard InChI is InChI=1S/C18H19ClN2O3/c19-16-9-14(5-6-17(16)22)18(23)21(12-15-4-2-8-24-15)11-13-3-1-7-20-10-13/h1,3,5-7,9-10,15,22H,2,4,8,11-12H2/t15-/m0/s1. The Morgan fingerprint density at radius 1 is 1.42 bits per heavy atom. The van der Waals surface area contributed by atoms with E-state index in [1.807, 2.05) is 12.1 Å². The van der Waals surface area contributed by atoms with Crippen LogP contribution in [0, 0.1) is 0 Å². The molecule has 2 heterocycles. The number of hydrogen-bond donors (Lipinski definition) is 1. The Bertz CT molecular complexity index is 703. The number of amides is 1. The number of carbonyl (C=O) groups excluding carboxylic acids is 1. The molecule has 2 aromatic rings. The van der Waals surface area contributed by atoms with Gasteiger partial charge in [0, 0.05) is 37.7 Å². The largest absolute Gasteiger partial charge is 0.506 e. The number of halogens is 1. The number of aromatic nitrogens is 1. The quantitative estimate of drug-likeness (QED) is 0.902. The van der Waals surface area contributed by atoms with Gasteiger partial charge in [0.25, 0.3) is 5.91 Å². The highest BCUT2D eigenvalue weighted by Crippen LogP contribution is 2.25. The Kier molecular flexibility index (Phi) is 5.33. The molecule has 1 aliphatic rings. The van der Waals surface area contributed by atoms with Crippen molar-refractivity contribution in [3.05, 3.63) is 58.9 Å². The summed E-state index contributed by atoms with van der Waals surface area (Å²) in [6, 6.07) is 8.29. The van der Waals surface area contributed by atoms with Gasteiger partial charge in [0.15, 0.2) is 0 Å². The lowest BCUT2D eigenvalue weighted by molar-refractivity contribution is 0.0507. The summed E-state index contributed by atoms with van der Waals surface area (Å²) in [5.41, 5.74) is 1.40. The fourth-order valence-corrected chi connectivity index (χ4v) is 2.97. The first-order chi connectivity index (χ1) is 11.6. The molecule has 0 radical (unpaired) electrons. The minimum atomic E-state index is -0.142. The molecule has 1 aromatic heterocycles. The minimum Gasteiger partial charge on any atom is -0.506 e. The van der Waals surface area contributed by atoms with Crippen LogP contribution in [0.1, 0.15) is 28.8 Å². The Morgan fingerprint density at radius 3 is 2.96 bits per heavy atom. The second-order valence-corrected chi connectivity index (χ2v) is 6.26. The van der Waals surface area contributed by atoms with E-state index in [1.54, 1.807) is 23.4 Å². The summed E-state index contributed by atoms with van der Waals surface area (Å²) >= 11 is 5.94. The SMILES string of the molecule is O=C(c1ccc(O)c(Cl)c1)N(Cc1cccnc1)C[C@@H]1CCCO1. The molecular weight excluding hydrogens is 328 g/mol. The first-order valence-electron chi connectivity index (χ1n) is 7.92. The smallest absolute Gasteiger partial charge is 0.254 e. The van der Waals surface area contributed by atoms with Crippen LogP contribution >= 0.6 is 11.6 Å². The third-order valence-corrected chi connectivity index (χ3v) is 4.33. The molecule has 0 aliphatic carbocycles. The van der Waals surface area contributed by atoms with E-state index in [-0.39, 0.29) is 22.8 Å². The molecular formula is C18H19ClN2O3. The van der Waals surface area contributed by atoms with E-state index >= 15 is 0 Å². The summed E-state index contributed by atoms with van der Waals surface area (Å²) in [6.45, 7) is 1.71. The van der Waals surface area contributed by atoms with Gasteiger partial charge in [0.2, 0.25) is 0 Å². The van der Waals surface area contributed by atoms with Crippen molar-refractivity contribution in [3.63, 3.8) is 0 Å². The van der Waals surface area contributed by atoms with Gasteiger partial charge in [0.05, 0.1) is 11.1 Å². The molecule has 0 saturated carbocycles. The van der Waals surface area contributed by atoms with Gasteiger partial charge in [-0.2, -0.15) is 0 Å². The number of nitrogens with zero attached hydrogens (tertiary/aromatic N) is 2. The lowest BCUT2D eigenvalue weighted by Crippen LogP contribution is -2.37. The fraction of sp³-hybridized carbons (Fsp3) is 0.333. The average Bonchev–Trinajstić information content (AvgIpc) is 3.10. The van der Waals surface area contributed by atoms with Crippen LogP contribution in [-0.2, 0) is 11.3 Å². The van der Waals surface area contributed by atoms with Crippen LogP contribution in [0.25, 0.3) is 0 Å². The van der Waals surface area contributed by atoms with Crippen LogP contribution in [0.5, 0.6) is 5.75 Å². The second kappa shape index (κ2) is 7.64. The number of hydrogen-bond acceptors (Lipinski definition) is 4. The third kappa shape index (κ3) is 4.04. The highest BCUT2D eigenvalue weighted by Gasteiger charge is 2.24. The van der Waals surface area contributed by atoms with Crippen molar-refractivity contribution in [1.82, 2.24) is 9.88 Å². The van der Waals surface area contributed by atoms with Crippen LogP contribution in [0.2, 0.25) is 5.02 Å². The first-order valence-corrected chi connectivity index (χ1v) is 8.29. The molecule has 1 aliphatic heterocycles. The van der Waals surface area contributed by atoms with E-state index in [1.165, 1.54) is 12.1 Å². The summed E-state index contributed by atoms with van der Waals surface area (Å²) in [5.74, 6) is -0.178. The molecule has 126 valence electrons. The van der Waals surface area contributed by atoms with E-state index < -0.39 is 0 Å². The second-order valence-electron chi connectivity index (χ2n) is 5.85. The van der Waals surface area contributed by atoms with Gasteiger partial charge in [0.1, 0.15) is 5.75 Å². The lowest BCUT2D eigenvalue weighted by Gasteiger charge is -2.25. The molecule has 0 unspecified atom stereocenters. The predicted molar refractivity (Wildman–Crippen MR) is 91.1 cm³/mol. The van der Waals surface area contributed by atoms with Crippen molar-refractivity contribution in [2.45, 2.75) is 25.5 Å². The zero-order valence-corrected chi connectivity index (χ0v) is 13.9. The zero-order valence-electron chi connectivity index (χ0n) is 13.2. The molecule has 6 heteroatoms. The normalized spacial score (nSPS) is 17.0. The Morgan fingerprint density at radius 2 is 2.29 bits per heavy atom. The van der Waals surface area contributed by atoms with Gasteiger partial charge in [-0.1, -0.05) is 17.7 Å². The highest BCUT2D eigenvalue weighted by atomic mass is 35.5. The van der Waals surface area contributed by atoms with Crippen molar-refractivity contribution >= 4 is 17.5 Å². The summed E-state index contributed by atoms with van der Waals surface area (Å²) in [7, 11) is 0. The number of pyridine rings is 1. The van der Waals surface area contributed by atoms with E-state index in [9.17, 15) is 9.90 Å². The predicted octanol–water partition coefficient (Wildman–Crippen LogP) is 3.26. The molecule has 1 saturated heterocycles. The summed E-state index contributed by atoms with van der Waals surface area (Å²) < 4.78 is 5.67. The maximum absolute atomic E-state index is 12.9. The molecule has 0 spiro atoms. The van der Waals surface area contributed by atoms with Crippen molar-refractivity contribution in [3.8, 4) is 5.75 Å². The number of aromatic hydroxyl groups is 1. The molecule has 1 amide bonds. The maximum atomic E-state index is 12.9. The minimum absolute atomic E-state index is 0.0360. The van der Waals surface area contributed by atoms with Crippen LogP contribution in [0.4, 0.5) is 0 Å². The number of carbonyl (C=O) groups is 1. The Balaban J connectivity index is 1.81. The summed E-state index contributed by atoms with van der Waals surface area (Å²) in [5, 5.41) is 9.71. The molecule has 24 heavy (non-hydrogen) atoms. The number of phenols is 1. The molecule has 5 nitrogen and oxygen atoms in total. The molecule has 1 N–H and O–H groups in total. The van der Waals surface area contributed by atoms with Crippen LogP contribution < -0.4 is 0 Å². The van der Waals surface area contributed by atoms with Gasteiger partial charge in [-0.25, -0.2) is 0 Å². The number of rotatable bonds is 5. The fourth-order valence-electron chi connectivity index (χ4n) is 2.79. The number of benzene rings is 1. The molecule has 1 fully saturated rings. The van der Waals surface area contributed by atoms with Gasteiger partial charge >= 0.3 is 0 Å². The van der Waals surface area contributed by atoms with Crippen molar-refractivity contribution in [2.24, 2.45) is 0 Å². The van der Waals surface area contributed by atoms with E-state index in [4.69, 9.17) is 16.3 Å². The molecule has 0 bridgehead atoms. The lowest BCUT2D eigenvalue weighted by atomic mass is 10.1. The summed E-state index contributed by atoms with van der Waals surface area (Å²) in [6.07, 6.45) is 5.48. The van der Waals surface area contributed by atoms with Crippen LogP contribution in [-0.4, -0.2) is 40.2 Å². The molecule has 1 aromatic carbocycles. The van der Waals surface area contributed by atoms with Gasteiger partial charge in [-0.05, 0) is 42.7 Å². The monoisotopic (exact) mass is 346 g/mol. The highest BCUT2D eigenvalue weighted by molar-refractivity contribution is 6.32. The average molecular weight is 347 g/mol. The summed E-state index contributed by atoms with van der Waals surface area (Å²) in [4.78, 5) is 18.8. The van der Waals surface area contributed by atoms with Gasteiger partial charge in [-0.3, -0.25) is 9.78 Å². The number of ether oxygens (including phenoxy) is 1. The Hall–Kier alpha value is -2.11. The van der Waals surface area contributed by atoms with E-state index in [0.717, 1.165) is 25.0 Å². The van der Waals surface area contributed by atoms with Crippen molar-refractivity contribution in [2.75, 3.05) is 13.2 Å². The van der Waals surface area contributed by atoms with Crippen LogP contribution in [0.15, 0.2) is 42.7 Å². The molecule has 3 rings (SSSR count). The van der Waals surface area contributed by atoms with Crippen molar-refractivity contribution in [1.29, 1.82) is 0 Å². The van der Waals surface area contributed by atoms with E-state index in [2.05, 4.69) is 4.98 Å². The van der Waals surface area contributed by atoms with Gasteiger partial charge in [-0.15, -0.1) is 0 Å². The Labute approximate surface area is 145 Å². The topological polar surface area (TPSA) is 62.7 Å². The maximum Gasteiger partial charge on any atom is 0.254 e. The number of phenolic OH excluding ortho intramolecular Hbond substituents is 1. The van der Waals surface area contributed by atoms with Gasteiger partial charge < -0.3 is 14.7 Å². The first kappa shape index (κ1) is 16.7. The zero-order chi connectivity index (χ0) is 16.9.